The van der Waals surface area contributed by atoms with Gasteiger partial charge in [-0.05, 0) is 29.8 Å². The van der Waals surface area contributed by atoms with Crippen LogP contribution in [0.15, 0.2) is 51.7 Å². The average Bonchev–Trinajstić information content (AvgIpc) is 2.71. The fraction of sp³-hybridized carbons (Fsp3) is 0.0714. The molecule has 0 atom stereocenters. The van der Waals surface area contributed by atoms with E-state index in [0.717, 1.165) is 11.1 Å². The van der Waals surface area contributed by atoms with Crippen LogP contribution in [0.5, 0.6) is 0 Å². The Morgan fingerprint density at radius 2 is 1.84 bits per heavy atom. The molecule has 3 aromatic rings. The Balaban J connectivity index is 2.08. The van der Waals surface area contributed by atoms with Gasteiger partial charge in [0, 0.05) is 0 Å². The van der Waals surface area contributed by atoms with Gasteiger partial charge in [-0.25, -0.2) is 4.79 Å². The molecule has 96 valence electrons. The highest BCUT2D eigenvalue weighted by atomic mass is 16.4. The molecule has 1 aromatic heterocycles. The number of aromatic nitrogens is 1. The first-order valence-electron chi connectivity index (χ1n) is 5.87. The number of benzene rings is 2. The molecule has 0 saturated heterocycles. The van der Waals surface area contributed by atoms with Gasteiger partial charge in [0.05, 0.1) is 23.4 Å². The highest BCUT2D eigenvalue weighted by Gasteiger charge is 2.09. The number of rotatable bonds is 2. The second-order valence-corrected chi connectivity index (χ2v) is 4.39. The molecule has 0 bridgehead atoms. The Hall–Kier alpha value is -2.69. The van der Waals surface area contributed by atoms with Gasteiger partial charge >= 0.3 is 5.76 Å². The van der Waals surface area contributed by atoms with E-state index in [9.17, 15) is 4.79 Å². The Kier molecular flexibility index (Phi) is 2.52. The fourth-order valence-corrected chi connectivity index (χ4v) is 2.07. The molecule has 0 radical (unpaired) electrons. The van der Waals surface area contributed by atoms with E-state index in [2.05, 4.69) is 0 Å². The van der Waals surface area contributed by atoms with E-state index in [-0.39, 0.29) is 5.76 Å². The second kappa shape index (κ2) is 4.20. The molecule has 5 nitrogen and oxygen atoms in total. The Morgan fingerprint density at radius 3 is 2.63 bits per heavy atom. The van der Waals surface area contributed by atoms with Gasteiger partial charge in [0.2, 0.25) is 0 Å². The Bertz CT molecular complexity index is 802. The zero-order chi connectivity index (χ0) is 13.4. The van der Waals surface area contributed by atoms with Gasteiger partial charge in [-0.1, -0.05) is 18.2 Å². The lowest BCUT2D eigenvalue weighted by molar-refractivity contribution is 0.518. The lowest BCUT2D eigenvalue weighted by Gasteiger charge is -2.05. The summed E-state index contributed by atoms with van der Waals surface area (Å²) < 4.78 is 6.75. The lowest BCUT2D eigenvalue weighted by Crippen LogP contribution is -2.15. The highest BCUT2D eigenvalue weighted by molar-refractivity contribution is 5.72. The minimum Gasteiger partial charge on any atom is -0.408 e. The number of nitrogen functional groups attached to an aromatic ring is 2. The van der Waals surface area contributed by atoms with Crippen molar-refractivity contribution < 1.29 is 4.42 Å². The van der Waals surface area contributed by atoms with Crippen molar-refractivity contribution in [2.24, 2.45) is 0 Å². The molecule has 5 heteroatoms. The predicted molar refractivity (Wildman–Crippen MR) is 74.8 cm³/mol. The smallest absolute Gasteiger partial charge is 0.408 e. The maximum absolute atomic E-state index is 11.8. The van der Waals surface area contributed by atoms with Gasteiger partial charge < -0.3 is 15.9 Å². The normalized spacial score (nSPS) is 10.9. The van der Waals surface area contributed by atoms with E-state index < -0.39 is 0 Å². The third-order valence-corrected chi connectivity index (χ3v) is 3.07. The average molecular weight is 255 g/mol. The molecule has 19 heavy (non-hydrogen) atoms. The maximum Gasteiger partial charge on any atom is 0.420 e. The summed E-state index contributed by atoms with van der Waals surface area (Å²) in [7, 11) is 0. The number of fused-ring (bicyclic) bond motifs is 1. The Labute approximate surface area is 109 Å². The largest absolute Gasteiger partial charge is 0.420 e. The van der Waals surface area contributed by atoms with Crippen LogP contribution in [0.4, 0.5) is 11.4 Å². The first kappa shape index (κ1) is 11.4. The molecular weight excluding hydrogens is 242 g/mol. The molecule has 0 aliphatic rings. The van der Waals surface area contributed by atoms with Crippen molar-refractivity contribution in [1.82, 2.24) is 4.57 Å². The van der Waals surface area contributed by atoms with Crippen molar-refractivity contribution >= 4 is 22.5 Å². The van der Waals surface area contributed by atoms with Crippen LogP contribution in [0, 0.1) is 0 Å². The van der Waals surface area contributed by atoms with Gasteiger partial charge in [-0.3, -0.25) is 4.57 Å². The van der Waals surface area contributed by atoms with Crippen molar-refractivity contribution in [2.45, 2.75) is 6.54 Å². The molecule has 4 N–H and O–H groups in total. The third kappa shape index (κ3) is 1.95. The topological polar surface area (TPSA) is 87.2 Å². The molecule has 0 aliphatic heterocycles. The van der Waals surface area contributed by atoms with E-state index in [4.69, 9.17) is 15.9 Å². The molecule has 0 amide bonds. The van der Waals surface area contributed by atoms with E-state index in [0.29, 0.717) is 23.5 Å². The lowest BCUT2D eigenvalue weighted by atomic mass is 10.1. The summed E-state index contributed by atoms with van der Waals surface area (Å²) in [5.41, 5.74) is 14.7. The van der Waals surface area contributed by atoms with Crippen LogP contribution in [-0.2, 0) is 6.54 Å². The zero-order valence-electron chi connectivity index (χ0n) is 10.2. The zero-order valence-corrected chi connectivity index (χ0v) is 10.2. The van der Waals surface area contributed by atoms with Crippen molar-refractivity contribution in [1.29, 1.82) is 0 Å². The van der Waals surface area contributed by atoms with E-state index in [1.165, 1.54) is 0 Å². The quantitative estimate of drug-likeness (QED) is 0.683. The van der Waals surface area contributed by atoms with Crippen LogP contribution < -0.4 is 17.2 Å². The van der Waals surface area contributed by atoms with E-state index in [1.807, 2.05) is 24.3 Å². The molecule has 0 spiro atoms. The van der Waals surface area contributed by atoms with Crippen LogP contribution in [-0.4, -0.2) is 4.57 Å². The molecule has 1 heterocycles. The van der Waals surface area contributed by atoms with Crippen molar-refractivity contribution in [3.05, 3.63) is 58.6 Å². The second-order valence-electron chi connectivity index (χ2n) is 4.39. The summed E-state index contributed by atoms with van der Waals surface area (Å²) in [5.74, 6) is -0.378. The minimum atomic E-state index is -0.378. The number of para-hydroxylation sites is 2. The summed E-state index contributed by atoms with van der Waals surface area (Å²) in [5, 5.41) is 0. The molecular formula is C14H13N3O2. The van der Waals surface area contributed by atoms with Crippen LogP contribution in [0.1, 0.15) is 5.56 Å². The summed E-state index contributed by atoms with van der Waals surface area (Å²) in [4.78, 5) is 11.8. The molecule has 0 saturated carbocycles. The summed E-state index contributed by atoms with van der Waals surface area (Å²) >= 11 is 0. The first-order valence-corrected chi connectivity index (χ1v) is 5.87. The van der Waals surface area contributed by atoms with Crippen molar-refractivity contribution in [3.8, 4) is 0 Å². The molecule has 3 rings (SSSR count). The number of oxazole rings is 1. The van der Waals surface area contributed by atoms with Gasteiger partial charge in [-0.15, -0.1) is 0 Å². The number of hydrogen-bond acceptors (Lipinski definition) is 4. The first-order chi connectivity index (χ1) is 9.15. The van der Waals surface area contributed by atoms with Gasteiger partial charge in [-0.2, -0.15) is 0 Å². The molecule has 2 aromatic carbocycles. The number of nitrogens with two attached hydrogens (primary N) is 2. The molecule has 0 unspecified atom stereocenters. The van der Waals surface area contributed by atoms with Crippen molar-refractivity contribution in [2.75, 3.05) is 11.5 Å². The third-order valence-electron chi connectivity index (χ3n) is 3.07. The number of nitrogens with zero attached hydrogens (tertiary/aromatic N) is 1. The highest BCUT2D eigenvalue weighted by Crippen LogP contribution is 2.18. The summed E-state index contributed by atoms with van der Waals surface area (Å²) in [6.07, 6.45) is 0. The minimum absolute atomic E-state index is 0.378. The SMILES string of the molecule is Nc1ccc(Cn2c(=O)oc3ccccc32)cc1N. The van der Waals surface area contributed by atoms with Gasteiger partial charge in [0.1, 0.15) is 0 Å². The Morgan fingerprint density at radius 1 is 1.05 bits per heavy atom. The monoisotopic (exact) mass is 255 g/mol. The van der Waals surface area contributed by atoms with E-state index in [1.54, 1.807) is 22.8 Å². The maximum atomic E-state index is 11.8. The predicted octanol–water partition coefficient (Wildman–Crippen LogP) is 1.81. The number of anilines is 2. The molecule has 0 aliphatic carbocycles. The number of hydrogen-bond donors (Lipinski definition) is 2. The standard InChI is InChI=1S/C14H13N3O2/c15-10-6-5-9(7-11(10)16)8-17-12-3-1-2-4-13(12)19-14(17)18/h1-7H,8,15-16H2. The van der Waals surface area contributed by atoms with Crippen LogP contribution in [0.25, 0.3) is 11.1 Å². The molecule has 0 fully saturated rings. The summed E-state index contributed by atoms with van der Waals surface area (Å²) in [6, 6.07) is 12.7. The van der Waals surface area contributed by atoms with Gasteiger partial charge in [0.25, 0.3) is 0 Å². The van der Waals surface area contributed by atoms with Gasteiger partial charge in [0.15, 0.2) is 5.58 Å². The van der Waals surface area contributed by atoms with Crippen LogP contribution >= 0.6 is 0 Å². The van der Waals surface area contributed by atoms with Crippen molar-refractivity contribution in [3.63, 3.8) is 0 Å². The van der Waals surface area contributed by atoms with E-state index >= 15 is 0 Å². The summed E-state index contributed by atoms with van der Waals surface area (Å²) in [6.45, 7) is 0.403. The van der Waals surface area contributed by atoms with Crippen LogP contribution in [0.3, 0.4) is 0 Å². The van der Waals surface area contributed by atoms with Crippen LogP contribution in [0.2, 0.25) is 0 Å². The fourth-order valence-electron chi connectivity index (χ4n) is 2.07.